The van der Waals surface area contributed by atoms with Crippen LogP contribution < -0.4 is 5.32 Å². The van der Waals surface area contributed by atoms with Crippen LogP contribution in [-0.2, 0) is 0 Å². The first-order chi connectivity index (χ1) is 5.77. The monoisotopic (exact) mass is 163 g/mol. The maximum absolute atomic E-state index is 3.20. The second kappa shape index (κ2) is 4.15. The Morgan fingerprint density at radius 1 is 1.67 bits per heavy atom. The summed E-state index contributed by atoms with van der Waals surface area (Å²) in [5.74, 6) is 0. The molecule has 1 aliphatic rings. The zero-order valence-electron chi connectivity index (χ0n) is 8.15. The van der Waals surface area contributed by atoms with Gasteiger partial charge in [-0.25, -0.2) is 0 Å². The van der Waals surface area contributed by atoms with Crippen LogP contribution in [0.1, 0.15) is 26.7 Å². The molecule has 1 heteroatoms. The zero-order chi connectivity index (χ0) is 8.97. The molecule has 0 amide bonds. The second-order valence-corrected chi connectivity index (χ2v) is 3.09. The molecule has 66 valence electrons. The van der Waals surface area contributed by atoms with Crippen LogP contribution in [0.25, 0.3) is 0 Å². The Kier molecular flexibility index (Phi) is 3.15. The molecule has 0 aliphatic heterocycles. The number of hydrogen-bond acceptors (Lipinski definition) is 1. The van der Waals surface area contributed by atoms with Crippen molar-refractivity contribution in [3.8, 4) is 0 Å². The summed E-state index contributed by atoms with van der Waals surface area (Å²) in [5.41, 5.74) is 4.05. The second-order valence-electron chi connectivity index (χ2n) is 3.09. The van der Waals surface area contributed by atoms with E-state index in [1.807, 2.05) is 7.05 Å². The molecule has 0 bridgehead atoms. The Morgan fingerprint density at radius 2 is 2.33 bits per heavy atom. The van der Waals surface area contributed by atoms with E-state index in [0.29, 0.717) is 0 Å². The first-order valence-electron chi connectivity index (χ1n) is 4.53. The smallest absolute Gasteiger partial charge is 0.0326 e. The molecule has 0 saturated heterocycles. The summed E-state index contributed by atoms with van der Waals surface area (Å²) in [6.07, 6.45) is 8.97. The lowest BCUT2D eigenvalue weighted by atomic mass is 10.1. The molecule has 0 saturated carbocycles. The molecule has 0 atom stereocenters. The summed E-state index contributed by atoms with van der Waals surface area (Å²) in [5, 5.41) is 3.20. The van der Waals surface area contributed by atoms with Crippen molar-refractivity contribution >= 4 is 0 Å². The largest absolute Gasteiger partial charge is 0.388 e. The highest BCUT2D eigenvalue weighted by Gasteiger charge is 2.04. The highest BCUT2D eigenvalue weighted by Crippen LogP contribution is 2.22. The lowest BCUT2D eigenvalue weighted by Gasteiger charge is -2.05. The van der Waals surface area contributed by atoms with E-state index in [4.69, 9.17) is 0 Å². The zero-order valence-corrected chi connectivity index (χ0v) is 8.15. The number of rotatable bonds is 4. The molecular formula is C11H17N. The maximum atomic E-state index is 3.20. The van der Waals surface area contributed by atoms with Gasteiger partial charge in [0.15, 0.2) is 0 Å². The van der Waals surface area contributed by atoms with Gasteiger partial charge in [-0.1, -0.05) is 25.2 Å². The summed E-state index contributed by atoms with van der Waals surface area (Å²) < 4.78 is 0. The van der Waals surface area contributed by atoms with E-state index in [9.17, 15) is 0 Å². The average Bonchev–Trinajstić information content (AvgIpc) is 2.83. The van der Waals surface area contributed by atoms with E-state index in [1.54, 1.807) is 0 Å². The Balaban J connectivity index is 2.63. The van der Waals surface area contributed by atoms with E-state index >= 15 is 0 Å². The molecule has 0 fully saturated rings. The van der Waals surface area contributed by atoms with Crippen molar-refractivity contribution < 1.29 is 0 Å². The Labute approximate surface area is 74.9 Å². The minimum Gasteiger partial charge on any atom is -0.388 e. The van der Waals surface area contributed by atoms with Crippen LogP contribution in [-0.4, -0.2) is 7.05 Å². The Hall–Kier alpha value is -0.980. The SMILES string of the molecule is CC/C=C(NC)/C(C)=C/C1=CC1. The quantitative estimate of drug-likeness (QED) is 0.628. The minimum absolute atomic E-state index is 1.08. The topological polar surface area (TPSA) is 12.0 Å². The normalized spacial score (nSPS) is 17.4. The standard InChI is InChI=1S/C11H17N/c1-4-5-11(12-3)9(2)8-10-6-7-10/h5-6,8,12H,4,7H2,1-3H3/b9-8+,11-5-. The fourth-order valence-electron chi connectivity index (χ4n) is 1.20. The third-order valence-electron chi connectivity index (χ3n) is 1.94. The van der Waals surface area contributed by atoms with Gasteiger partial charge in [-0.3, -0.25) is 0 Å². The van der Waals surface area contributed by atoms with Gasteiger partial charge in [-0.2, -0.15) is 0 Å². The summed E-state index contributed by atoms with van der Waals surface area (Å²) in [7, 11) is 1.97. The third-order valence-corrected chi connectivity index (χ3v) is 1.94. The molecule has 0 spiro atoms. The average molecular weight is 163 g/mol. The van der Waals surface area contributed by atoms with Gasteiger partial charge in [0, 0.05) is 12.7 Å². The molecular weight excluding hydrogens is 146 g/mol. The summed E-state index contributed by atoms with van der Waals surface area (Å²) >= 11 is 0. The van der Waals surface area contributed by atoms with Crippen molar-refractivity contribution in [1.82, 2.24) is 5.32 Å². The molecule has 0 heterocycles. The first-order valence-corrected chi connectivity index (χ1v) is 4.53. The van der Waals surface area contributed by atoms with Crippen LogP contribution in [0.2, 0.25) is 0 Å². The third kappa shape index (κ3) is 2.57. The van der Waals surface area contributed by atoms with Gasteiger partial charge in [0.1, 0.15) is 0 Å². The lowest BCUT2D eigenvalue weighted by molar-refractivity contribution is 0.975. The molecule has 0 aromatic rings. The summed E-state index contributed by atoms with van der Waals surface area (Å²) in [6.45, 7) is 4.30. The van der Waals surface area contributed by atoms with Crippen molar-refractivity contribution in [2.24, 2.45) is 0 Å². The fourth-order valence-corrected chi connectivity index (χ4v) is 1.20. The van der Waals surface area contributed by atoms with Crippen LogP contribution in [0.4, 0.5) is 0 Å². The van der Waals surface area contributed by atoms with Gasteiger partial charge in [-0.15, -0.1) is 0 Å². The highest BCUT2D eigenvalue weighted by atomic mass is 14.8. The van der Waals surface area contributed by atoms with Crippen molar-refractivity contribution in [2.45, 2.75) is 26.7 Å². The van der Waals surface area contributed by atoms with Crippen LogP contribution in [0.5, 0.6) is 0 Å². The fraction of sp³-hybridized carbons (Fsp3) is 0.455. The van der Waals surface area contributed by atoms with Crippen LogP contribution in [0.3, 0.4) is 0 Å². The van der Waals surface area contributed by atoms with Gasteiger partial charge in [-0.05, 0) is 30.9 Å². The minimum atomic E-state index is 1.08. The van der Waals surface area contributed by atoms with Gasteiger partial charge < -0.3 is 5.32 Å². The molecule has 0 radical (unpaired) electrons. The summed E-state index contributed by atoms with van der Waals surface area (Å²) in [4.78, 5) is 0. The van der Waals surface area contributed by atoms with Gasteiger partial charge in [0.2, 0.25) is 0 Å². The Bertz CT molecular complexity index is 244. The Morgan fingerprint density at radius 3 is 2.75 bits per heavy atom. The number of nitrogens with one attached hydrogen (secondary N) is 1. The molecule has 0 aromatic carbocycles. The van der Waals surface area contributed by atoms with Gasteiger partial charge >= 0.3 is 0 Å². The number of allylic oxidation sites excluding steroid dienone is 5. The van der Waals surface area contributed by atoms with Gasteiger partial charge in [0.25, 0.3) is 0 Å². The molecule has 1 aliphatic carbocycles. The van der Waals surface area contributed by atoms with E-state index in [1.165, 1.54) is 23.3 Å². The maximum Gasteiger partial charge on any atom is 0.0326 e. The van der Waals surface area contributed by atoms with Crippen LogP contribution in [0, 0.1) is 0 Å². The van der Waals surface area contributed by atoms with E-state index < -0.39 is 0 Å². The molecule has 12 heavy (non-hydrogen) atoms. The van der Waals surface area contributed by atoms with Crippen molar-refractivity contribution in [2.75, 3.05) is 7.05 Å². The van der Waals surface area contributed by atoms with E-state index in [0.717, 1.165) is 6.42 Å². The predicted octanol–water partition coefficient (Wildman–Crippen LogP) is 2.78. The van der Waals surface area contributed by atoms with Gasteiger partial charge in [0.05, 0.1) is 0 Å². The van der Waals surface area contributed by atoms with Crippen molar-refractivity contribution in [1.29, 1.82) is 0 Å². The van der Waals surface area contributed by atoms with Crippen LogP contribution in [0.15, 0.2) is 35.1 Å². The number of likely N-dealkylation sites (N-methyl/N-ethyl adjacent to an activating group) is 1. The number of hydrogen-bond donors (Lipinski definition) is 1. The van der Waals surface area contributed by atoms with E-state index in [2.05, 4.69) is 37.4 Å². The summed E-state index contributed by atoms with van der Waals surface area (Å²) in [6, 6.07) is 0. The van der Waals surface area contributed by atoms with Crippen molar-refractivity contribution in [3.05, 3.63) is 35.1 Å². The van der Waals surface area contributed by atoms with Crippen LogP contribution >= 0.6 is 0 Å². The highest BCUT2D eigenvalue weighted by molar-refractivity contribution is 5.41. The first kappa shape index (κ1) is 9.11. The molecule has 0 unspecified atom stereocenters. The predicted molar refractivity (Wildman–Crippen MR) is 53.9 cm³/mol. The van der Waals surface area contributed by atoms with Crippen molar-refractivity contribution in [3.63, 3.8) is 0 Å². The molecule has 1 N–H and O–H groups in total. The molecule has 1 nitrogen and oxygen atoms in total. The molecule has 1 rings (SSSR count). The molecule has 0 aromatic heterocycles. The lowest BCUT2D eigenvalue weighted by Crippen LogP contribution is -2.06. The van der Waals surface area contributed by atoms with E-state index in [-0.39, 0.29) is 0 Å².